The largest absolute Gasteiger partial charge is 0.519 e. The van der Waals surface area contributed by atoms with Crippen LogP contribution in [-0.2, 0) is 48.0 Å². The van der Waals surface area contributed by atoms with E-state index in [4.69, 9.17) is 32.5 Å². The Morgan fingerprint density at radius 1 is 1.05 bits per heavy atom. The lowest BCUT2D eigenvalue weighted by atomic mass is 9.73. The van der Waals surface area contributed by atoms with Crippen LogP contribution in [0.3, 0.4) is 0 Å². The van der Waals surface area contributed by atoms with Gasteiger partial charge >= 0.3 is 23.9 Å². The van der Waals surface area contributed by atoms with Crippen molar-refractivity contribution < 1.29 is 46.9 Å². The molecule has 242 valence electrons. The van der Waals surface area contributed by atoms with E-state index in [1.807, 2.05) is 12.1 Å². The molecule has 0 radical (unpaired) electrons. The van der Waals surface area contributed by atoms with Crippen LogP contribution in [0.5, 0.6) is 5.75 Å². The average molecular weight is 617 g/mol. The molecule has 1 saturated carbocycles. The fraction of sp³-hybridized carbons (Fsp3) is 0.636. The topological polar surface area (TPSA) is 141 Å². The lowest BCUT2D eigenvalue weighted by molar-refractivity contribution is -0.149. The van der Waals surface area contributed by atoms with Crippen LogP contribution < -0.4 is 10.6 Å². The second kappa shape index (κ2) is 15.8. The third-order valence-electron chi connectivity index (χ3n) is 8.84. The van der Waals surface area contributed by atoms with Crippen LogP contribution in [0.25, 0.3) is 0 Å². The van der Waals surface area contributed by atoms with E-state index in [9.17, 15) is 19.2 Å². The molecule has 44 heavy (non-hydrogen) atoms. The second-order valence-corrected chi connectivity index (χ2v) is 11.7. The highest BCUT2D eigenvalue weighted by Gasteiger charge is 2.47. The number of benzene rings is 1. The molecular formula is C33H44O11. The van der Waals surface area contributed by atoms with Crippen LogP contribution in [0.2, 0.25) is 0 Å². The van der Waals surface area contributed by atoms with Crippen molar-refractivity contribution in [2.45, 2.75) is 104 Å². The molecule has 1 fully saturated rings. The van der Waals surface area contributed by atoms with Gasteiger partial charge in [0.05, 0.1) is 7.11 Å². The highest BCUT2D eigenvalue weighted by Crippen LogP contribution is 2.49. The molecule has 11 heteroatoms. The van der Waals surface area contributed by atoms with Gasteiger partial charge in [-0.3, -0.25) is 4.79 Å². The van der Waals surface area contributed by atoms with E-state index in [1.54, 1.807) is 13.8 Å². The number of unbranched alkanes of at least 4 members (excludes halogenated alkanes) is 2. The summed E-state index contributed by atoms with van der Waals surface area (Å²) in [5.41, 5.74) is 2.20. The number of fused-ring (bicyclic) bond motifs is 2. The first-order valence-corrected chi connectivity index (χ1v) is 15.6. The van der Waals surface area contributed by atoms with Crippen molar-refractivity contribution in [2.24, 2.45) is 17.8 Å². The first-order chi connectivity index (χ1) is 21.2. The van der Waals surface area contributed by atoms with Crippen molar-refractivity contribution in [3.63, 3.8) is 0 Å². The Morgan fingerprint density at radius 3 is 2.57 bits per heavy atom. The van der Waals surface area contributed by atoms with E-state index in [0.29, 0.717) is 31.4 Å². The van der Waals surface area contributed by atoms with Crippen molar-refractivity contribution in [1.29, 1.82) is 0 Å². The van der Waals surface area contributed by atoms with Crippen molar-refractivity contribution in [3.05, 3.63) is 51.5 Å². The van der Waals surface area contributed by atoms with Gasteiger partial charge < -0.3 is 32.5 Å². The van der Waals surface area contributed by atoms with Crippen LogP contribution in [0, 0.1) is 24.7 Å². The maximum Gasteiger partial charge on any atom is 0.519 e. The van der Waals surface area contributed by atoms with Gasteiger partial charge in [-0.2, -0.15) is 0 Å². The lowest BCUT2D eigenvalue weighted by Gasteiger charge is -2.33. The molecule has 2 aromatic rings. The summed E-state index contributed by atoms with van der Waals surface area (Å²) in [6.07, 6.45) is 6.29. The third kappa shape index (κ3) is 8.66. The zero-order valence-corrected chi connectivity index (χ0v) is 26.1. The maximum absolute atomic E-state index is 12.9. The van der Waals surface area contributed by atoms with E-state index < -0.39 is 24.1 Å². The van der Waals surface area contributed by atoms with E-state index in [-0.39, 0.29) is 54.6 Å². The Hall–Kier alpha value is -3.76. The van der Waals surface area contributed by atoms with Gasteiger partial charge in [-0.15, -0.1) is 0 Å². The number of aryl methyl sites for hydroxylation is 1. The molecule has 0 spiro atoms. The van der Waals surface area contributed by atoms with Crippen molar-refractivity contribution in [1.82, 2.24) is 0 Å². The minimum atomic E-state index is -0.860. The van der Waals surface area contributed by atoms with Gasteiger partial charge in [0.2, 0.25) is 0 Å². The van der Waals surface area contributed by atoms with E-state index in [2.05, 4.69) is 13.0 Å². The third-order valence-corrected chi connectivity index (χ3v) is 8.84. The van der Waals surface area contributed by atoms with Gasteiger partial charge in [-0.25, -0.2) is 14.4 Å². The number of esters is 2. The summed E-state index contributed by atoms with van der Waals surface area (Å²) < 4.78 is 37.4. The molecule has 5 atom stereocenters. The summed E-state index contributed by atoms with van der Waals surface area (Å²) in [4.78, 5) is 48.1. The summed E-state index contributed by atoms with van der Waals surface area (Å²) in [7, 11) is 1.32. The Balaban J connectivity index is 1.50. The van der Waals surface area contributed by atoms with Crippen molar-refractivity contribution in [2.75, 3.05) is 13.7 Å². The standard InChI is InChI=1S/C33H44O11/c1-5-7-8-11-23(42-30(34)6-2)13-14-24-25-15-21-10-9-12-27(39-19-31(35)38-4)26(21)16-22(25)17-28(24)43-32(36)40-18-29-20(3)41-33(37)44-29/h9-10,12,22-25,28H,5-8,11,13-19H2,1-4H3/t22-,23-,24+,25-,28+/m0/s1. The predicted molar refractivity (Wildman–Crippen MR) is 157 cm³/mol. The lowest BCUT2D eigenvalue weighted by Crippen LogP contribution is -2.30. The number of methoxy groups -OCH3 is 1. The molecule has 1 heterocycles. The Kier molecular flexibility index (Phi) is 11.9. The molecule has 2 aliphatic carbocycles. The molecule has 4 rings (SSSR count). The van der Waals surface area contributed by atoms with Gasteiger partial charge in [0.15, 0.2) is 24.7 Å². The predicted octanol–water partition coefficient (Wildman–Crippen LogP) is 5.85. The summed E-state index contributed by atoms with van der Waals surface area (Å²) in [6, 6.07) is 5.86. The van der Waals surface area contributed by atoms with Gasteiger partial charge in [0, 0.05) is 6.42 Å². The highest BCUT2D eigenvalue weighted by atomic mass is 16.7. The first-order valence-electron chi connectivity index (χ1n) is 15.6. The molecule has 0 amide bonds. The zero-order valence-electron chi connectivity index (χ0n) is 26.1. The van der Waals surface area contributed by atoms with Crippen LogP contribution in [0.4, 0.5) is 4.79 Å². The molecule has 0 saturated heterocycles. The Bertz CT molecular complexity index is 1330. The van der Waals surface area contributed by atoms with Crippen LogP contribution in [-0.4, -0.2) is 44.0 Å². The number of hydrogen-bond donors (Lipinski definition) is 0. The van der Waals surface area contributed by atoms with Crippen LogP contribution in [0.15, 0.2) is 31.8 Å². The Morgan fingerprint density at radius 2 is 1.86 bits per heavy atom. The fourth-order valence-corrected chi connectivity index (χ4v) is 6.56. The molecular weight excluding hydrogens is 572 g/mol. The van der Waals surface area contributed by atoms with Crippen LogP contribution in [0.1, 0.15) is 87.9 Å². The van der Waals surface area contributed by atoms with E-state index in [0.717, 1.165) is 49.7 Å². The van der Waals surface area contributed by atoms with Crippen molar-refractivity contribution in [3.8, 4) is 5.75 Å². The first kappa shape index (κ1) is 33.1. The number of hydrogen-bond acceptors (Lipinski definition) is 11. The fourth-order valence-electron chi connectivity index (χ4n) is 6.56. The quantitative estimate of drug-likeness (QED) is 0.135. The van der Waals surface area contributed by atoms with Crippen molar-refractivity contribution >= 4 is 18.1 Å². The summed E-state index contributed by atoms with van der Waals surface area (Å²) in [5, 5.41) is 0. The number of carbonyl (C=O) groups is 3. The molecule has 0 aliphatic heterocycles. The molecule has 0 bridgehead atoms. The summed E-state index contributed by atoms with van der Waals surface area (Å²) >= 11 is 0. The monoisotopic (exact) mass is 616 g/mol. The number of rotatable bonds is 15. The molecule has 1 aromatic carbocycles. The maximum atomic E-state index is 12.9. The van der Waals surface area contributed by atoms with E-state index >= 15 is 0 Å². The molecule has 0 N–H and O–H groups in total. The van der Waals surface area contributed by atoms with Gasteiger partial charge in [0.1, 0.15) is 18.0 Å². The molecule has 1 aromatic heterocycles. The SMILES string of the molecule is CCCCC[C@@H](CC[C@@H]1[C@H]2Cc3cccc(OCC(=O)OC)c3C[C@H]2C[C@H]1OC(=O)OCc1oc(=O)oc1C)OC(=O)CC. The highest BCUT2D eigenvalue weighted by molar-refractivity contribution is 5.71. The second-order valence-electron chi connectivity index (χ2n) is 11.7. The van der Waals surface area contributed by atoms with E-state index in [1.165, 1.54) is 7.11 Å². The minimum Gasteiger partial charge on any atom is -0.482 e. The number of ether oxygens (including phenoxy) is 5. The number of carbonyl (C=O) groups excluding carboxylic acids is 3. The molecule has 0 unspecified atom stereocenters. The summed E-state index contributed by atoms with van der Waals surface area (Å²) in [5.74, 6) is -0.0407. The van der Waals surface area contributed by atoms with Gasteiger partial charge in [0.25, 0.3) is 0 Å². The zero-order chi connectivity index (χ0) is 31.6. The Labute approximate surface area is 257 Å². The smallest absolute Gasteiger partial charge is 0.482 e. The molecule has 11 nitrogen and oxygen atoms in total. The van der Waals surface area contributed by atoms with Gasteiger partial charge in [-0.1, -0.05) is 38.8 Å². The van der Waals surface area contributed by atoms with Gasteiger partial charge in [-0.05, 0) is 86.8 Å². The van der Waals surface area contributed by atoms with Crippen LogP contribution >= 0.6 is 0 Å². The minimum absolute atomic E-state index is 0.0166. The summed E-state index contributed by atoms with van der Waals surface area (Å²) in [6.45, 7) is 5.03. The average Bonchev–Trinajstić information content (AvgIpc) is 3.52. The normalized spacial score (nSPS) is 21.1. The molecule has 2 aliphatic rings.